The highest BCUT2D eigenvalue weighted by molar-refractivity contribution is 5.76. The Balaban J connectivity index is 2.35. The molecule has 0 bridgehead atoms. The number of pyridine rings is 1. The number of rotatable bonds is 1. The summed E-state index contributed by atoms with van der Waals surface area (Å²) in [6.45, 7) is 0. The van der Waals surface area contributed by atoms with Gasteiger partial charge < -0.3 is 5.21 Å². The fourth-order valence-electron chi connectivity index (χ4n) is 1.76. The second-order valence-electron chi connectivity index (χ2n) is 3.33. The first-order chi connectivity index (χ1) is 6.40. The molecule has 1 heterocycles. The maximum Gasteiger partial charge on any atom is 0.0918 e. The molecule has 0 saturated heterocycles. The van der Waals surface area contributed by atoms with Gasteiger partial charge in [0.05, 0.1) is 11.9 Å². The number of hydrogen-bond acceptors (Lipinski definition) is 3. The van der Waals surface area contributed by atoms with E-state index in [0.29, 0.717) is 0 Å². The Morgan fingerprint density at radius 2 is 2.08 bits per heavy atom. The monoisotopic (exact) mass is 176 g/mol. The highest BCUT2D eigenvalue weighted by Crippen LogP contribution is 2.20. The van der Waals surface area contributed by atoms with Crippen molar-refractivity contribution in [3.8, 4) is 0 Å². The van der Waals surface area contributed by atoms with E-state index in [4.69, 9.17) is 5.21 Å². The van der Waals surface area contributed by atoms with Gasteiger partial charge in [-0.2, -0.15) is 0 Å². The lowest BCUT2D eigenvalue weighted by molar-refractivity contribution is 0.321. The average molecular weight is 176 g/mol. The molecule has 1 aliphatic carbocycles. The van der Waals surface area contributed by atoms with E-state index in [1.807, 2.05) is 12.3 Å². The summed E-state index contributed by atoms with van der Waals surface area (Å²) in [6.07, 6.45) is 8.05. The fourth-order valence-corrected chi connectivity index (χ4v) is 1.76. The molecule has 13 heavy (non-hydrogen) atoms. The number of aromatic nitrogens is 1. The standard InChI is InChI=1S/C10H12N2O/c13-12-7-10-5-8-3-1-2-4-9(8)6-11-10/h5-7,13H,1-4H2/b12-7+. The van der Waals surface area contributed by atoms with Crippen LogP contribution in [0.15, 0.2) is 17.4 Å². The van der Waals surface area contributed by atoms with Crippen molar-refractivity contribution in [2.45, 2.75) is 25.7 Å². The van der Waals surface area contributed by atoms with Gasteiger partial charge in [0.1, 0.15) is 0 Å². The molecule has 0 fully saturated rings. The lowest BCUT2D eigenvalue weighted by atomic mass is 9.93. The molecule has 0 amide bonds. The minimum atomic E-state index is 0.739. The van der Waals surface area contributed by atoms with E-state index in [1.165, 1.54) is 30.2 Å². The summed E-state index contributed by atoms with van der Waals surface area (Å²) in [5, 5.41) is 11.3. The molecule has 1 N–H and O–H groups in total. The van der Waals surface area contributed by atoms with Crippen LogP contribution < -0.4 is 0 Å². The van der Waals surface area contributed by atoms with E-state index < -0.39 is 0 Å². The normalized spacial score (nSPS) is 16.0. The molecule has 0 atom stereocenters. The van der Waals surface area contributed by atoms with E-state index in [0.717, 1.165) is 18.5 Å². The molecule has 0 saturated carbocycles. The smallest absolute Gasteiger partial charge is 0.0918 e. The van der Waals surface area contributed by atoms with Crippen molar-refractivity contribution in [3.63, 3.8) is 0 Å². The Labute approximate surface area is 77.1 Å². The number of fused-ring (bicyclic) bond motifs is 1. The Bertz CT molecular complexity index is 334. The predicted molar refractivity (Wildman–Crippen MR) is 50.3 cm³/mol. The third kappa shape index (κ3) is 1.69. The third-order valence-electron chi connectivity index (χ3n) is 2.44. The first-order valence-electron chi connectivity index (χ1n) is 4.55. The summed E-state index contributed by atoms with van der Waals surface area (Å²) >= 11 is 0. The fraction of sp³-hybridized carbons (Fsp3) is 0.400. The minimum Gasteiger partial charge on any atom is -0.411 e. The van der Waals surface area contributed by atoms with Gasteiger partial charge in [0.25, 0.3) is 0 Å². The van der Waals surface area contributed by atoms with Gasteiger partial charge in [-0.15, -0.1) is 0 Å². The van der Waals surface area contributed by atoms with Gasteiger partial charge in [-0.05, 0) is 42.9 Å². The molecule has 1 aromatic rings. The van der Waals surface area contributed by atoms with Crippen LogP contribution in [-0.4, -0.2) is 16.4 Å². The van der Waals surface area contributed by atoms with Crippen LogP contribution in [0.2, 0.25) is 0 Å². The van der Waals surface area contributed by atoms with Gasteiger partial charge in [0.2, 0.25) is 0 Å². The second kappa shape index (κ2) is 3.56. The van der Waals surface area contributed by atoms with Crippen LogP contribution in [0, 0.1) is 0 Å². The Morgan fingerprint density at radius 3 is 2.85 bits per heavy atom. The third-order valence-corrected chi connectivity index (χ3v) is 2.44. The number of nitrogens with zero attached hydrogens (tertiary/aromatic N) is 2. The zero-order valence-corrected chi connectivity index (χ0v) is 7.40. The number of hydrogen-bond donors (Lipinski definition) is 1. The molecular weight excluding hydrogens is 164 g/mol. The van der Waals surface area contributed by atoms with Crippen molar-refractivity contribution < 1.29 is 5.21 Å². The van der Waals surface area contributed by atoms with Crippen molar-refractivity contribution >= 4 is 6.21 Å². The summed E-state index contributed by atoms with van der Waals surface area (Å²) in [4.78, 5) is 4.17. The second-order valence-corrected chi connectivity index (χ2v) is 3.33. The maximum absolute atomic E-state index is 8.35. The van der Waals surface area contributed by atoms with Gasteiger partial charge in [-0.1, -0.05) is 5.16 Å². The lowest BCUT2D eigenvalue weighted by Gasteiger charge is -2.14. The van der Waals surface area contributed by atoms with Crippen molar-refractivity contribution in [2.24, 2.45) is 5.16 Å². The molecule has 1 aliphatic rings. The summed E-state index contributed by atoms with van der Waals surface area (Å²) in [7, 11) is 0. The highest BCUT2D eigenvalue weighted by atomic mass is 16.4. The Kier molecular flexibility index (Phi) is 2.25. The van der Waals surface area contributed by atoms with Gasteiger partial charge in [0, 0.05) is 6.20 Å². The van der Waals surface area contributed by atoms with Crippen LogP contribution in [0.5, 0.6) is 0 Å². The van der Waals surface area contributed by atoms with Gasteiger partial charge in [-0.25, -0.2) is 0 Å². The van der Waals surface area contributed by atoms with E-state index >= 15 is 0 Å². The van der Waals surface area contributed by atoms with Crippen LogP contribution in [-0.2, 0) is 12.8 Å². The minimum absolute atomic E-state index is 0.739. The average Bonchev–Trinajstić information content (AvgIpc) is 2.18. The molecule has 68 valence electrons. The van der Waals surface area contributed by atoms with Crippen LogP contribution in [0.1, 0.15) is 29.7 Å². The molecule has 2 rings (SSSR count). The summed E-state index contributed by atoms with van der Waals surface area (Å²) in [5.74, 6) is 0. The van der Waals surface area contributed by atoms with Crippen LogP contribution in [0.4, 0.5) is 0 Å². The SMILES string of the molecule is O/N=C/c1cc2c(cn1)CCCC2. The van der Waals surface area contributed by atoms with Gasteiger partial charge in [0.15, 0.2) is 0 Å². The summed E-state index contributed by atoms with van der Waals surface area (Å²) < 4.78 is 0. The lowest BCUT2D eigenvalue weighted by Crippen LogP contribution is -2.04. The van der Waals surface area contributed by atoms with E-state index in [9.17, 15) is 0 Å². The predicted octanol–water partition coefficient (Wildman–Crippen LogP) is 1.77. The summed E-state index contributed by atoms with van der Waals surface area (Å²) in [5.41, 5.74) is 3.45. The molecule has 0 radical (unpaired) electrons. The first-order valence-corrected chi connectivity index (χ1v) is 4.55. The molecule has 0 unspecified atom stereocenters. The summed E-state index contributed by atoms with van der Waals surface area (Å²) in [6, 6.07) is 2.01. The van der Waals surface area contributed by atoms with Gasteiger partial charge >= 0.3 is 0 Å². The molecule has 3 nitrogen and oxygen atoms in total. The van der Waals surface area contributed by atoms with E-state index in [2.05, 4.69) is 10.1 Å². The number of oxime groups is 1. The van der Waals surface area contributed by atoms with Crippen molar-refractivity contribution in [2.75, 3.05) is 0 Å². The van der Waals surface area contributed by atoms with Crippen LogP contribution in [0.25, 0.3) is 0 Å². The molecule has 0 aliphatic heterocycles. The van der Waals surface area contributed by atoms with Crippen LogP contribution in [0.3, 0.4) is 0 Å². The van der Waals surface area contributed by atoms with Crippen molar-refractivity contribution in [1.29, 1.82) is 0 Å². The quantitative estimate of drug-likeness (QED) is 0.402. The van der Waals surface area contributed by atoms with Gasteiger partial charge in [-0.3, -0.25) is 4.98 Å². The molecule has 1 aromatic heterocycles. The highest BCUT2D eigenvalue weighted by Gasteiger charge is 2.09. The van der Waals surface area contributed by atoms with Crippen LogP contribution >= 0.6 is 0 Å². The van der Waals surface area contributed by atoms with Crippen molar-refractivity contribution in [1.82, 2.24) is 4.98 Å². The zero-order chi connectivity index (χ0) is 9.10. The Morgan fingerprint density at radius 1 is 1.31 bits per heavy atom. The van der Waals surface area contributed by atoms with E-state index in [1.54, 1.807) is 0 Å². The zero-order valence-electron chi connectivity index (χ0n) is 7.40. The molecule has 3 heteroatoms. The Hall–Kier alpha value is -1.38. The maximum atomic E-state index is 8.35. The molecular formula is C10H12N2O. The molecule has 0 spiro atoms. The largest absolute Gasteiger partial charge is 0.411 e. The van der Waals surface area contributed by atoms with E-state index in [-0.39, 0.29) is 0 Å². The first kappa shape index (κ1) is 8.23. The topological polar surface area (TPSA) is 45.5 Å². The molecule has 0 aromatic carbocycles. The number of aryl methyl sites for hydroxylation is 2. The van der Waals surface area contributed by atoms with Crippen molar-refractivity contribution in [3.05, 3.63) is 29.1 Å².